The summed E-state index contributed by atoms with van der Waals surface area (Å²) >= 11 is 0. The van der Waals surface area contributed by atoms with Crippen molar-refractivity contribution in [1.29, 1.82) is 0 Å². The predicted octanol–water partition coefficient (Wildman–Crippen LogP) is 2.85. The van der Waals surface area contributed by atoms with Crippen LogP contribution in [0.4, 0.5) is 13.2 Å². The maximum Gasteiger partial charge on any atom is 0.434 e. The Morgan fingerprint density at radius 3 is 2.72 bits per heavy atom. The molecule has 0 radical (unpaired) electrons. The average molecular weight is 351 g/mol. The number of aromatic nitrogens is 3. The van der Waals surface area contributed by atoms with Gasteiger partial charge in [-0.25, -0.2) is 9.48 Å². The van der Waals surface area contributed by atoms with E-state index in [0.717, 1.165) is 12.4 Å². The molecule has 0 aliphatic rings. The Hall–Kier alpha value is -3.10. The van der Waals surface area contributed by atoms with Crippen LogP contribution in [-0.4, -0.2) is 22.4 Å². The summed E-state index contributed by atoms with van der Waals surface area (Å²) in [6.45, 7) is 1.41. The third-order valence-electron chi connectivity index (χ3n) is 3.51. The highest BCUT2D eigenvalue weighted by Crippen LogP contribution is 2.35. The highest BCUT2D eigenvalue weighted by molar-refractivity contribution is 5.92. The molecule has 0 N–H and O–H groups in total. The average Bonchev–Trinajstić information content (AvgIpc) is 2.99. The number of pyridine rings is 1. The Labute approximate surface area is 139 Å². The summed E-state index contributed by atoms with van der Waals surface area (Å²) in [5.74, 6) is -1.13. The summed E-state index contributed by atoms with van der Waals surface area (Å²) in [6, 6.07) is 6.45. The lowest BCUT2D eigenvalue weighted by molar-refractivity contribution is -0.603. The van der Waals surface area contributed by atoms with E-state index in [2.05, 4.69) is 9.84 Å². The van der Waals surface area contributed by atoms with Crippen LogP contribution in [0.25, 0.3) is 16.5 Å². The van der Waals surface area contributed by atoms with E-state index in [-0.39, 0.29) is 12.3 Å². The summed E-state index contributed by atoms with van der Waals surface area (Å²) in [5, 5.41) is 16.3. The van der Waals surface area contributed by atoms with E-state index >= 15 is 0 Å². The number of hydrogen-bond acceptors (Lipinski definition) is 4. The van der Waals surface area contributed by atoms with Crippen molar-refractivity contribution in [2.45, 2.75) is 13.1 Å². The Bertz CT molecular complexity index is 951. The molecular formula is C16H12F3N3O3. The molecule has 0 atom stereocenters. The minimum Gasteiger partial charge on any atom is -0.619 e. The van der Waals surface area contributed by atoms with Crippen molar-refractivity contribution in [2.75, 3.05) is 6.61 Å². The molecule has 0 aliphatic carbocycles. The van der Waals surface area contributed by atoms with E-state index < -0.39 is 23.4 Å². The molecule has 3 aromatic rings. The largest absolute Gasteiger partial charge is 0.619 e. The summed E-state index contributed by atoms with van der Waals surface area (Å²) in [4.78, 5) is 11.8. The van der Waals surface area contributed by atoms with E-state index in [1.165, 1.54) is 13.1 Å². The van der Waals surface area contributed by atoms with Crippen LogP contribution in [0, 0.1) is 5.21 Å². The zero-order chi connectivity index (χ0) is 18.2. The third kappa shape index (κ3) is 3.00. The second-order valence-electron chi connectivity index (χ2n) is 5.13. The van der Waals surface area contributed by atoms with Gasteiger partial charge in [-0.3, -0.25) is 0 Å². The molecule has 130 valence electrons. The zero-order valence-electron chi connectivity index (χ0n) is 12.9. The number of fused-ring (bicyclic) bond motifs is 1. The van der Waals surface area contributed by atoms with E-state index in [0.29, 0.717) is 20.2 Å². The lowest BCUT2D eigenvalue weighted by atomic mass is 10.1. The number of esters is 1. The van der Waals surface area contributed by atoms with Crippen molar-refractivity contribution in [3.05, 3.63) is 59.3 Å². The number of hydrogen-bond donors (Lipinski definition) is 0. The number of halogens is 3. The van der Waals surface area contributed by atoms with Gasteiger partial charge in [0.1, 0.15) is 11.3 Å². The summed E-state index contributed by atoms with van der Waals surface area (Å²) in [6.07, 6.45) is -1.87. The first-order valence-electron chi connectivity index (χ1n) is 7.27. The van der Waals surface area contributed by atoms with Gasteiger partial charge in [-0.2, -0.15) is 23.0 Å². The van der Waals surface area contributed by atoms with Gasteiger partial charge in [-0.15, -0.1) is 0 Å². The van der Waals surface area contributed by atoms with Crippen molar-refractivity contribution in [3.8, 4) is 5.69 Å². The molecule has 0 saturated heterocycles. The molecule has 1 aromatic carbocycles. The first kappa shape index (κ1) is 16.7. The quantitative estimate of drug-likeness (QED) is 0.413. The summed E-state index contributed by atoms with van der Waals surface area (Å²) < 4.78 is 46.3. The van der Waals surface area contributed by atoms with Gasteiger partial charge in [0.05, 0.1) is 12.8 Å². The van der Waals surface area contributed by atoms with Crippen LogP contribution >= 0.6 is 0 Å². The molecule has 3 rings (SSSR count). The number of nitrogens with zero attached hydrogens (tertiary/aromatic N) is 3. The Kier molecular flexibility index (Phi) is 4.07. The minimum atomic E-state index is -4.87. The smallest absolute Gasteiger partial charge is 0.434 e. The normalized spacial score (nSPS) is 11.7. The molecule has 0 saturated carbocycles. The molecule has 0 fully saturated rings. The number of carbonyl (C=O) groups excluding carboxylic acids is 1. The highest BCUT2D eigenvalue weighted by atomic mass is 19.4. The van der Waals surface area contributed by atoms with Gasteiger partial charge in [0.2, 0.25) is 6.20 Å². The monoisotopic (exact) mass is 351 g/mol. The molecule has 0 unspecified atom stereocenters. The highest BCUT2D eigenvalue weighted by Gasteiger charge is 2.41. The number of benzene rings is 1. The first-order valence-corrected chi connectivity index (χ1v) is 7.27. The van der Waals surface area contributed by atoms with Gasteiger partial charge in [-0.05, 0) is 13.0 Å². The third-order valence-corrected chi connectivity index (χ3v) is 3.51. The molecular weight excluding hydrogens is 339 g/mol. The molecule has 0 spiro atoms. The Balaban J connectivity index is 2.30. The molecule has 9 heteroatoms. The number of ether oxygens (including phenoxy) is 1. The van der Waals surface area contributed by atoms with Crippen molar-refractivity contribution in [2.24, 2.45) is 0 Å². The van der Waals surface area contributed by atoms with Gasteiger partial charge in [0, 0.05) is 10.8 Å². The standard InChI is InChI=1S/C16H12F3N3O3/c1-2-25-15(23)12-7-20-22(14(12)16(17,18)19)13-9-21(24)8-10-5-3-4-6-11(10)13/h3-9H,2H2,1H3. The van der Waals surface area contributed by atoms with E-state index in [4.69, 9.17) is 0 Å². The maximum absolute atomic E-state index is 13.6. The molecule has 0 bridgehead atoms. The van der Waals surface area contributed by atoms with Crippen LogP contribution in [-0.2, 0) is 10.9 Å². The van der Waals surface area contributed by atoms with Crippen LogP contribution in [0.2, 0.25) is 0 Å². The molecule has 2 aromatic heterocycles. The van der Waals surface area contributed by atoms with Crippen molar-refractivity contribution in [1.82, 2.24) is 9.78 Å². The topological polar surface area (TPSA) is 71.1 Å². The van der Waals surface area contributed by atoms with Gasteiger partial charge >= 0.3 is 12.1 Å². The number of rotatable bonds is 3. The van der Waals surface area contributed by atoms with E-state index in [1.54, 1.807) is 24.3 Å². The Morgan fingerprint density at radius 1 is 1.32 bits per heavy atom. The SMILES string of the molecule is CCOC(=O)c1cnn(-c2c[n+]([O-])cc3ccccc23)c1C(F)(F)F. The predicted molar refractivity (Wildman–Crippen MR) is 81.0 cm³/mol. The fourth-order valence-electron chi connectivity index (χ4n) is 2.54. The fraction of sp³-hybridized carbons (Fsp3) is 0.188. The molecule has 2 heterocycles. The summed E-state index contributed by atoms with van der Waals surface area (Å²) in [7, 11) is 0. The molecule has 25 heavy (non-hydrogen) atoms. The molecule has 0 amide bonds. The lowest BCUT2D eigenvalue weighted by Crippen LogP contribution is -2.27. The number of alkyl halides is 3. The van der Waals surface area contributed by atoms with Crippen LogP contribution in [0.1, 0.15) is 23.0 Å². The van der Waals surface area contributed by atoms with Crippen LogP contribution in [0.15, 0.2) is 42.9 Å². The first-order chi connectivity index (χ1) is 11.8. The lowest BCUT2D eigenvalue weighted by Gasteiger charge is -2.13. The second-order valence-corrected chi connectivity index (χ2v) is 5.13. The molecule has 6 nitrogen and oxygen atoms in total. The second kappa shape index (κ2) is 6.08. The fourth-order valence-corrected chi connectivity index (χ4v) is 2.54. The van der Waals surface area contributed by atoms with Crippen molar-refractivity contribution < 1.29 is 27.4 Å². The zero-order valence-corrected chi connectivity index (χ0v) is 12.9. The van der Waals surface area contributed by atoms with Gasteiger partial charge in [0.25, 0.3) is 0 Å². The Morgan fingerprint density at radius 2 is 2.04 bits per heavy atom. The number of carbonyl (C=O) groups is 1. The molecule has 0 aliphatic heterocycles. The van der Waals surface area contributed by atoms with E-state index in [1.807, 2.05) is 0 Å². The maximum atomic E-state index is 13.6. The van der Waals surface area contributed by atoms with Crippen LogP contribution in [0.3, 0.4) is 0 Å². The van der Waals surface area contributed by atoms with E-state index in [9.17, 15) is 23.2 Å². The minimum absolute atomic E-state index is 0.0733. The van der Waals surface area contributed by atoms with Crippen LogP contribution in [0.5, 0.6) is 0 Å². The van der Waals surface area contributed by atoms with Gasteiger partial charge in [-0.1, -0.05) is 18.2 Å². The summed E-state index contributed by atoms with van der Waals surface area (Å²) in [5.41, 5.74) is -2.09. The van der Waals surface area contributed by atoms with Crippen LogP contribution < -0.4 is 4.73 Å². The van der Waals surface area contributed by atoms with Gasteiger partial charge in [0.15, 0.2) is 11.9 Å². The van der Waals surface area contributed by atoms with Gasteiger partial charge < -0.3 is 9.94 Å². The van der Waals surface area contributed by atoms with Crippen molar-refractivity contribution in [3.63, 3.8) is 0 Å². The van der Waals surface area contributed by atoms with Crippen molar-refractivity contribution >= 4 is 16.7 Å².